The van der Waals surface area contributed by atoms with E-state index in [2.05, 4.69) is 20.9 Å². The van der Waals surface area contributed by atoms with Crippen LogP contribution in [-0.4, -0.2) is 42.6 Å². The molecule has 19 heavy (non-hydrogen) atoms. The lowest BCUT2D eigenvalue weighted by Crippen LogP contribution is -2.47. The summed E-state index contributed by atoms with van der Waals surface area (Å²) in [5, 5.41) is 9.19. The van der Waals surface area contributed by atoms with Gasteiger partial charge in [-0.3, -0.25) is 4.90 Å². The predicted molar refractivity (Wildman–Crippen MR) is 75.1 cm³/mol. The first-order valence-corrected chi connectivity index (χ1v) is 7.11. The highest BCUT2D eigenvalue weighted by atomic mass is 15.3. The minimum absolute atomic E-state index is 0.696. The van der Waals surface area contributed by atoms with Gasteiger partial charge in [-0.1, -0.05) is 0 Å². The predicted octanol–water partition coefficient (Wildman–Crippen LogP) is 1.79. The van der Waals surface area contributed by atoms with Gasteiger partial charge in [0.15, 0.2) is 0 Å². The Kier molecular flexibility index (Phi) is 3.39. The molecule has 4 nitrogen and oxygen atoms in total. The molecule has 1 aliphatic heterocycles. The summed E-state index contributed by atoms with van der Waals surface area (Å²) in [6.45, 7) is 7.40. The summed E-state index contributed by atoms with van der Waals surface area (Å²) in [7, 11) is 0. The van der Waals surface area contributed by atoms with Crippen molar-refractivity contribution in [3.63, 3.8) is 0 Å². The number of pyridine rings is 1. The molecule has 0 radical (unpaired) electrons. The van der Waals surface area contributed by atoms with Crippen LogP contribution in [-0.2, 0) is 0 Å². The Morgan fingerprint density at radius 3 is 2.63 bits per heavy atom. The molecule has 2 aliphatic rings. The molecule has 0 amide bonds. The van der Waals surface area contributed by atoms with Gasteiger partial charge in [-0.05, 0) is 37.8 Å². The highest BCUT2D eigenvalue weighted by Crippen LogP contribution is 2.30. The average Bonchev–Trinajstić information content (AvgIpc) is 3.23. The summed E-state index contributed by atoms with van der Waals surface area (Å²) in [6, 6.07) is 6.05. The maximum Gasteiger partial charge on any atom is 0.146 e. The molecule has 1 saturated heterocycles. The van der Waals surface area contributed by atoms with Crippen molar-refractivity contribution in [1.82, 2.24) is 9.88 Å². The second-order valence-corrected chi connectivity index (χ2v) is 5.67. The summed E-state index contributed by atoms with van der Waals surface area (Å²) < 4.78 is 0. The second-order valence-electron chi connectivity index (χ2n) is 5.67. The lowest BCUT2D eigenvalue weighted by Gasteiger charge is -2.35. The van der Waals surface area contributed by atoms with Gasteiger partial charge in [0.25, 0.3) is 0 Å². The third kappa shape index (κ3) is 2.87. The van der Waals surface area contributed by atoms with Gasteiger partial charge in [-0.25, -0.2) is 4.98 Å². The molecule has 4 heteroatoms. The van der Waals surface area contributed by atoms with Crippen molar-refractivity contribution in [2.24, 2.45) is 5.92 Å². The van der Waals surface area contributed by atoms with Crippen molar-refractivity contribution in [1.29, 1.82) is 5.26 Å². The average molecular weight is 256 g/mol. The maximum atomic E-state index is 9.19. The molecular formula is C15H20N4. The molecule has 100 valence electrons. The van der Waals surface area contributed by atoms with E-state index in [-0.39, 0.29) is 0 Å². The minimum Gasteiger partial charge on any atom is -0.353 e. The Balaban J connectivity index is 1.67. The fourth-order valence-electron chi connectivity index (χ4n) is 2.68. The number of piperazine rings is 1. The van der Waals surface area contributed by atoms with Gasteiger partial charge in [0.05, 0.1) is 5.56 Å². The molecule has 0 N–H and O–H groups in total. The zero-order chi connectivity index (χ0) is 13.2. The van der Waals surface area contributed by atoms with E-state index in [4.69, 9.17) is 0 Å². The van der Waals surface area contributed by atoms with E-state index < -0.39 is 0 Å². The van der Waals surface area contributed by atoms with E-state index >= 15 is 0 Å². The van der Waals surface area contributed by atoms with Crippen molar-refractivity contribution in [2.75, 3.05) is 37.6 Å². The topological polar surface area (TPSA) is 43.2 Å². The summed E-state index contributed by atoms with van der Waals surface area (Å²) in [4.78, 5) is 9.36. The Morgan fingerprint density at radius 1 is 1.26 bits per heavy atom. The first-order chi connectivity index (χ1) is 9.26. The molecule has 0 unspecified atom stereocenters. The van der Waals surface area contributed by atoms with Crippen LogP contribution < -0.4 is 4.90 Å². The van der Waals surface area contributed by atoms with Gasteiger partial charge in [0.1, 0.15) is 11.9 Å². The Hall–Kier alpha value is -1.60. The quantitative estimate of drug-likeness (QED) is 0.827. The smallest absolute Gasteiger partial charge is 0.146 e. The highest BCUT2D eigenvalue weighted by molar-refractivity contribution is 5.54. The van der Waals surface area contributed by atoms with Crippen LogP contribution >= 0.6 is 0 Å². The van der Waals surface area contributed by atoms with E-state index in [1.807, 2.05) is 19.1 Å². The number of nitriles is 1. The molecule has 1 aliphatic carbocycles. The van der Waals surface area contributed by atoms with E-state index in [0.29, 0.717) is 5.56 Å². The van der Waals surface area contributed by atoms with Crippen molar-refractivity contribution in [2.45, 2.75) is 19.8 Å². The lowest BCUT2D eigenvalue weighted by molar-refractivity contribution is 0.247. The van der Waals surface area contributed by atoms with Gasteiger partial charge in [-0.15, -0.1) is 0 Å². The molecule has 0 bridgehead atoms. The van der Waals surface area contributed by atoms with Crippen LogP contribution in [0.3, 0.4) is 0 Å². The lowest BCUT2D eigenvalue weighted by atomic mass is 10.2. The molecule has 1 aromatic heterocycles. The molecule has 2 heterocycles. The number of aryl methyl sites for hydroxylation is 1. The van der Waals surface area contributed by atoms with Crippen LogP contribution in [0.5, 0.6) is 0 Å². The highest BCUT2D eigenvalue weighted by Gasteiger charge is 2.27. The van der Waals surface area contributed by atoms with E-state index in [1.54, 1.807) is 0 Å². The first-order valence-electron chi connectivity index (χ1n) is 7.11. The van der Waals surface area contributed by atoms with Crippen LogP contribution in [0.15, 0.2) is 12.1 Å². The zero-order valence-corrected chi connectivity index (χ0v) is 11.5. The molecule has 0 aromatic carbocycles. The van der Waals surface area contributed by atoms with Crippen LogP contribution in [0.25, 0.3) is 0 Å². The van der Waals surface area contributed by atoms with Crippen molar-refractivity contribution >= 4 is 5.82 Å². The third-order valence-electron chi connectivity index (χ3n) is 4.02. The largest absolute Gasteiger partial charge is 0.353 e. The SMILES string of the molecule is Cc1ccc(C#N)c(N2CCN(CC3CC3)CC2)n1. The van der Waals surface area contributed by atoms with Crippen molar-refractivity contribution < 1.29 is 0 Å². The Bertz CT molecular complexity index is 493. The van der Waals surface area contributed by atoms with E-state index in [1.165, 1.54) is 19.4 Å². The van der Waals surface area contributed by atoms with Crippen LogP contribution in [0.4, 0.5) is 5.82 Å². The van der Waals surface area contributed by atoms with E-state index in [9.17, 15) is 5.26 Å². The Morgan fingerprint density at radius 2 is 2.00 bits per heavy atom. The van der Waals surface area contributed by atoms with Gasteiger partial charge >= 0.3 is 0 Å². The number of rotatable bonds is 3. The molecule has 1 saturated carbocycles. The van der Waals surface area contributed by atoms with Gasteiger partial charge in [-0.2, -0.15) is 5.26 Å². The number of anilines is 1. The van der Waals surface area contributed by atoms with E-state index in [0.717, 1.165) is 43.6 Å². The molecule has 0 spiro atoms. The maximum absolute atomic E-state index is 9.19. The zero-order valence-electron chi connectivity index (χ0n) is 11.5. The monoisotopic (exact) mass is 256 g/mol. The van der Waals surface area contributed by atoms with Crippen LogP contribution in [0.1, 0.15) is 24.1 Å². The summed E-state index contributed by atoms with van der Waals surface area (Å²) in [5.74, 6) is 1.83. The van der Waals surface area contributed by atoms with Crippen LogP contribution in [0, 0.1) is 24.2 Å². The molecule has 2 fully saturated rings. The van der Waals surface area contributed by atoms with Crippen LogP contribution in [0.2, 0.25) is 0 Å². The van der Waals surface area contributed by atoms with Gasteiger partial charge in [0.2, 0.25) is 0 Å². The fraction of sp³-hybridized carbons (Fsp3) is 0.600. The van der Waals surface area contributed by atoms with Gasteiger partial charge < -0.3 is 4.90 Å². The van der Waals surface area contributed by atoms with Crippen molar-refractivity contribution in [3.8, 4) is 6.07 Å². The second kappa shape index (κ2) is 5.18. The third-order valence-corrected chi connectivity index (χ3v) is 4.02. The van der Waals surface area contributed by atoms with Crippen molar-refractivity contribution in [3.05, 3.63) is 23.4 Å². The number of nitrogens with zero attached hydrogens (tertiary/aromatic N) is 4. The number of aromatic nitrogens is 1. The Labute approximate surface area is 114 Å². The molecular weight excluding hydrogens is 236 g/mol. The molecule has 1 aromatic rings. The molecule has 0 atom stereocenters. The normalized spacial score (nSPS) is 20.3. The summed E-state index contributed by atoms with van der Waals surface area (Å²) in [6.07, 6.45) is 2.83. The summed E-state index contributed by atoms with van der Waals surface area (Å²) >= 11 is 0. The first kappa shape index (κ1) is 12.4. The number of hydrogen-bond acceptors (Lipinski definition) is 4. The number of hydrogen-bond donors (Lipinski definition) is 0. The standard InChI is InChI=1S/C15H20N4/c1-12-2-5-14(10-16)15(17-12)19-8-6-18(7-9-19)11-13-3-4-13/h2,5,13H,3-4,6-9,11H2,1H3. The fourth-order valence-corrected chi connectivity index (χ4v) is 2.68. The van der Waals surface area contributed by atoms with Gasteiger partial charge in [0, 0.05) is 38.4 Å². The summed E-state index contributed by atoms with van der Waals surface area (Å²) in [5.41, 5.74) is 1.68. The molecule has 3 rings (SSSR count). The minimum atomic E-state index is 0.696.